The Labute approximate surface area is 188 Å². The number of anilines is 3. The Hall–Kier alpha value is -3.33. The number of ether oxygens (including phenoxy) is 1. The Bertz CT molecular complexity index is 1170. The Kier molecular flexibility index (Phi) is 5.94. The minimum Gasteiger partial charge on any atom is -0.475 e. The van der Waals surface area contributed by atoms with Gasteiger partial charge in [0, 0.05) is 46.9 Å². The zero-order chi connectivity index (χ0) is 22.0. The van der Waals surface area contributed by atoms with Gasteiger partial charge in [-0.25, -0.2) is 15.0 Å². The molecule has 2 N–H and O–H groups in total. The number of aromatic nitrogens is 3. The molecule has 2 atom stereocenters. The van der Waals surface area contributed by atoms with E-state index in [-0.39, 0.29) is 12.0 Å². The highest BCUT2D eigenvalue weighted by Crippen LogP contribution is 2.26. The van der Waals surface area contributed by atoms with Crippen LogP contribution in [0.1, 0.15) is 19.4 Å². The fourth-order valence-corrected chi connectivity index (χ4v) is 3.60. The summed E-state index contributed by atoms with van der Waals surface area (Å²) in [4.78, 5) is 29.9. The maximum absolute atomic E-state index is 12.6. The number of aliphatic imine (C=N–C) groups is 1. The smallest absolute Gasteiger partial charge is 0.253 e. The van der Waals surface area contributed by atoms with Crippen molar-refractivity contribution in [2.45, 2.75) is 32.9 Å². The van der Waals surface area contributed by atoms with E-state index >= 15 is 0 Å². The maximum Gasteiger partial charge on any atom is 0.253 e. The number of pyridine rings is 1. The molecular formula is C22H21BrN6O2. The Morgan fingerprint density at radius 2 is 2.00 bits per heavy atom. The first-order valence-corrected chi connectivity index (χ1v) is 10.5. The number of carbonyl (C=O) groups excluding carboxylic acids is 1. The normalized spacial score (nSPS) is 17.6. The average Bonchev–Trinajstić information content (AvgIpc) is 3.09. The molecule has 1 aliphatic heterocycles. The molecule has 0 saturated carbocycles. The number of aryl methyl sites for hydroxylation is 1. The second-order valence-electron chi connectivity index (χ2n) is 7.22. The van der Waals surface area contributed by atoms with Crippen LogP contribution in [0.3, 0.4) is 0 Å². The van der Waals surface area contributed by atoms with Crippen molar-refractivity contribution in [2.75, 3.05) is 10.6 Å². The van der Waals surface area contributed by atoms with E-state index in [0.29, 0.717) is 17.5 Å². The van der Waals surface area contributed by atoms with Crippen LogP contribution in [-0.4, -0.2) is 38.9 Å². The molecule has 2 aromatic heterocycles. The van der Waals surface area contributed by atoms with Crippen LogP contribution in [0, 0.1) is 6.92 Å². The summed E-state index contributed by atoms with van der Waals surface area (Å²) in [7, 11) is 0. The summed E-state index contributed by atoms with van der Waals surface area (Å²) in [5, 5.41) is 6.15. The number of carbonyl (C=O) groups is 1. The first kappa shape index (κ1) is 20.9. The van der Waals surface area contributed by atoms with E-state index in [1.807, 2.05) is 44.2 Å². The van der Waals surface area contributed by atoms with Crippen LogP contribution in [0.15, 0.2) is 58.4 Å². The second kappa shape index (κ2) is 8.81. The summed E-state index contributed by atoms with van der Waals surface area (Å²) in [6.07, 6.45) is 4.87. The van der Waals surface area contributed by atoms with Gasteiger partial charge < -0.3 is 15.4 Å². The van der Waals surface area contributed by atoms with Crippen LogP contribution in [0.2, 0.25) is 0 Å². The molecule has 31 heavy (non-hydrogen) atoms. The highest BCUT2D eigenvalue weighted by atomic mass is 79.9. The molecule has 0 radical (unpaired) electrons. The van der Waals surface area contributed by atoms with Crippen molar-refractivity contribution < 1.29 is 9.53 Å². The summed E-state index contributed by atoms with van der Waals surface area (Å²) >= 11 is 3.43. The average molecular weight is 481 g/mol. The molecule has 0 bridgehead atoms. The van der Waals surface area contributed by atoms with Gasteiger partial charge in [0.15, 0.2) is 11.9 Å². The molecule has 3 heterocycles. The molecule has 0 spiro atoms. The van der Waals surface area contributed by atoms with Gasteiger partial charge >= 0.3 is 0 Å². The molecule has 4 rings (SSSR count). The third-order valence-electron chi connectivity index (χ3n) is 4.80. The first-order valence-electron chi connectivity index (χ1n) is 9.72. The van der Waals surface area contributed by atoms with E-state index in [2.05, 4.69) is 46.5 Å². The van der Waals surface area contributed by atoms with Crippen molar-refractivity contribution >= 4 is 45.1 Å². The van der Waals surface area contributed by atoms with E-state index < -0.39 is 6.04 Å². The molecule has 0 aliphatic carbocycles. The molecule has 158 valence electrons. The highest BCUT2D eigenvalue weighted by Gasteiger charge is 2.31. The fraction of sp³-hybridized carbons (Fsp3) is 0.227. The molecular weight excluding hydrogens is 460 g/mol. The van der Waals surface area contributed by atoms with E-state index in [0.717, 1.165) is 27.0 Å². The van der Waals surface area contributed by atoms with E-state index in [9.17, 15) is 4.79 Å². The van der Waals surface area contributed by atoms with E-state index in [4.69, 9.17) is 4.74 Å². The number of amides is 1. The summed E-state index contributed by atoms with van der Waals surface area (Å²) in [6.45, 7) is 5.55. The van der Waals surface area contributed by atoms with Gasteiger partial charge in [0.05, 0.1) is 5.69 Å². The largest absolute Gasteiger partial charge is 0.475 e. The van der Waals surface area contributed by atoms with E-state index in [1.165, 1.54) is 0 Å². The van der Waals surface area contributed by atoms with Gasteiger partial charge in [-0.2, -0.15) is 0 Å². The number of nitrogens with one attached hydrogen (secondary N) is 2. The van der Waals surface area contributed by atoms with Gasteiger partial charge in [-0.15, -0.1) is 0 Å². The van der Waals surface area contributed by atoms with Crippen LogP contribution >= 0.6 is 15.9 Å². The Balaban J connectivity index is 1.53. The van der Waals surface area contributed by atoms with Crippen molar-refractivity contribution in [3.63, 3.8) is 0 Å². The molecule has 8 nitrogen and oxygen atoms in total. The topological polar surface area (TPSA) is 101 Å². The lowest BCUT2D eigenvalue weighted by Crippen LogP contribution is -2.33. The fourth-order valence-electron chi connectivity index (χ4n) is 3.24. The minimum absolute atomic E-state index is 0.209. The van der Waals surface area contributed by atoms with Crippen LogP contribution in [0.25, 0.3) is 11.3 Å². The zero-order valence-corrected chi connectivity index (χ0v) is 18.8. The van der Waals surface area contributed by atoms with Gasteiger partial charge in [0.1, 0.15) is 6.10 Å². The number of halogens is 1. The number of hydrogen-bond donors (Lipinski definition) is 2. The number of nitrogens with zero attached hydrogens (tertiary/aromatic N) is 4. The Morgan fingerprint density at radius 3 is 2.74 bits per heavy atom. The standard InChI is InChI=1S/C22H21BrN6O2/c1-12-4-5-17(27-21(30)20-13(2)31-14(3)26-20)9-19(12)29-22-25-7-6-18(28-22)15-8-16(23)11-24-10-15/h4-11,13,20H,1-3H3,(H,27,30)(H,25,28,29). The molecule has 0 fully saturated rings. The van der Waals surface area contributed by atoms with Crippen molar-refractivity contribution in [1.82, 2.24) is 15.0 Å². The van der Waals surface area contributed by atoms with Crippen LogP contribution in [0.5, 0.6) is 0 Å². The lowest BCUT2D eigenvalue weighted by atomic mass is 10.1. The lowest BCUT2D eigenvalue weighted by Gasteiger charge is -2.15. The Morgan fingerprint density at radius 1 is 1.16 bits per heavy atom. The maximum atomic E-state index is 12.6. The second-order valence-corrected chi connectivity index (χ2v) is 8.13. The lowest BCUT2D eigenvalue weighted by molar-refractivity contribution is -0.118. The van der Waals surface area contributed by atoms with Crippen molar-refractivity contribution in [2.24, 2.45) is 4.99 Å². The van der Waals surface area contributed by atoms with Crippen molar-refractivity contribution in [3.05, 3.63) is 59.0 Å². The third kappa shape index (κ3) is 4.88. The SMILES string of the molecule is CC1=NC(C(=O)Nc2ccc(C)c(Nc3nccc(-c4cncc(Br)c4)n3)c2)C(C)O1. The summed E-state index contributed by atoms with van der Waals surface area (Å²) in [5.74, 6) is 0.762. The van der Waals surface area contributed by atoms with Gasteiger partial charge in [0.25, 0.3) is 5.91 Å². The molecule has 1 aromatic carbocycles. The number of rotatable bonds is 5. The molecule has 1 amide bonds. The molecule has 2 unspecified atom stereocenters. The monoisotopic (exact) mass is 480 g/mol. The quantitative estimate of drug-likeness (QED) is 0.557. The highest BCUT2D eigenvalue weighted by molar-refractivity contribution is 9.10. The number of benzene rings is 1. The summed E-state index contributed by atoms with van der Waals surface area (Å²) in [6, 6.07) is 8.82. The van der Waals surface area contributed by atoms with E-state index in [1.54, 1.807) is 25.5 Å². The first-order chi connectivity index (χ1) is 14.9. The molecule has 9 heteroatoms. The van der Waals surface area contributed by atoms with Gasteiger partial charge in [-0.1, -0.05) is 6.07 Å². The summed E-state index contributed by atoms with van der Waals surface area (Å²) < 4.78 is 6.34. The third-order valence-corrected chi connectivity index (χ3v) is 5.23. The van der Waals surface area contributed by atoms with Gasteiger partial charge in [0.2, 0.25) is 5.95 Å². The predicted octanol–water partition coefficient (Wildman–Crippen LogP) is 4.50. The van der Waals surface area contributed by atoms with Gasteiger partial charge in [-0.3, -0.25) is 9.78 Å². The van der Waals surface area contributed by atoms with Gasteiger partial charge in [-0.05, 0) is 59.6 Å². The zero-order valence-electron chi connectivity index (χ0n) is 17.3. The van der Waals surface area contributed by atoms with Crippen molar-refractivity contribution in [3.8, 4) is 11.3 Å². The number of hydrogen-bond acceptors (Lipinski definition) is 7. The van der Waals surface area contributed by atoms with Crippen LogP contribution < -0.4 is 10.6 Å². The summed E-state index contributed by atoms with van der Waals surface area (Å²) in [5.41, 5.74) is 4.05. The molecule has 3 aromatic rings. The predicted molar refractivity (Wildman–Crippen MR) is 123 cm³/mol. The molecule has 0 saturated heterocycles. The van der Waals surface area contributed by atoms with Crippen molar-refractivity contribution in [1.29, 1.82) is 0 Å². The molecule has 1 aliphatic rings. The van der Waals surface area contributed by atoms with Crippen LogP contribution in [0.4, 0.5) is 17.3 Å². The van der Waals surface area contributed by atoms with Crippen LogP contribution in [-0.2, 0) is 9.53 Å². The minimum atomic E-state index is -0.559.